The van der Waals surface area contributed by atoms with Gasteiger partial charge in [0.15, 0.2) is 0 Å². The van der Waals surface area contributed by atoms with Crippen molar-refractivity contribution >= 4 is 5.91 Å². The van der Waals surface area contributed by atoms with Crippen molar-refractivity contribution in [2.75, 3.05) is 13.1 Å². The van der Waals surface area contributed by atoms with Crippen LogP contribution in [0.3, 0.4) is 0 Å². The molecule has 0 aromatic carbocycles. The number of aryl methyl sites for hydroxylation is 2. The van der Waals surface area contributed by atoms with Crippen LogP contribution in [-0.4, -0.2) is 39.3 Å². The summed E-state index contributed by atoms with van der Waals surface area (Å²) in [6.45, 7) is 5.27. The molecule has 0 spiro atoms. The molecule has 1 saturated heterocycles. The van der Waals surface area contributed by atoms with E-state index in [2.05, 4.69) is 15.4 Å². The van der Waals surface area contributed by atoms with E-state index < -0.39 is 0 Å². The topological polar surface area (TPSA) is 75.0 Å². The van der Waals surface area contributed by atoms with Gasteiger partial charge in [0.1, 0.15) is 5.76 Å². The standard InChI is InChI=1S/C14H18N4O2/c1-9-12(10(2)20-17-9)7-14(19)18-6-4-11(8-18)13-3-5-15-16-13/h3,5,11H,4,6-8H2,1-2H3,(H,15,16)/t11-/m1/s1. The number of likely N-dealkylation sites (tertiary alicyclic amines) is 1. The van der Waals surface area contributed by atoms with Crippen molar-refractivity contribution in [2.45, 2.75) is 32.6 Å². The lowest BCUT2D eigenvalue weighted by molar-refractivity contribution is -0.129. The van der Waals surface area contributed by atoms with Gasteiger partial charge < -0.3 is 9.42 Å². The van der Waals surface area contributed by atoms with Gasteiger partial charge >= 0.3 is 0 Å². The lowest BCUT2D eigenvalue weighted by atomic mass is 10.1. The van der Waals surface area contributed by atoms with Gasteiger partial charge in [0, 0.05) is 36.5 Å². The highest BCUT2D eigenvalue weighted by molar-refractivity contribution is 5.79. The van der Waals surface area contributed by atoms with E-state index in [0.29, 0.717) is 12.3 Å². The van der Waals surface area contributed by atoms with E-state index in [4.69, 9.17) is 4.52 Å². The van der Waals surface area contributed by atoms with Crippen LogP contribution < -0.4 is 0 Å². The monoisotopic (exact) mass is 274 g/mol. The van der Waals surface area contributed by atoms with Gasteiger partial charge in [-0.1, -0.05) is 5.16 Å². The molecule has 0 bridgehead atoms. The Kier molecular flexibility index (Phi) is 3.30. The summed E-state index contributed by atoms with van der Waals surface area (Å²) in [5.74, 6) is 1.24. The molecule has 0 aliphatic carbocycles. The van der Waals surface area contributed by atoms with Crippen LogP contribution in [0, 0.1) is 13.8 Å². The fourth-order valence-electron chi connectivity index (χ4n) is 2.75. The van der Waals surface area contributed by atoms with Gasteiger partial charge in [0.2, 0.25) is 5.91 Å². The van der Waals surface area contributed by atoms with Crippen molar-refractivity contribution in [1.29, 1.82) is 0 Å². The molecule has 3 heterocycles. The Labute approximate surface area is 117 Å². The average Bonchev–Trinajstić information content (AvgIpc) is 3.14. The zero-order valence-electron chi connectivity index (χ0n) is 11.7. The van der Waals surface area contributed by atoms with Gasteiger partial charge in [-0.25, -0.2) is 0 Å². The number of amides is 1. The third-order valence-corrected chi connectivity index (χ3v) is 4.01. The summed E-state index contributed by atoms with van der Waals surface area (Å²) in [5.41, 5.74) is 2.83. The number of H-pyrrole nitrogens is 1. The number of nitrogens with one attached hydrogen (secondary N) is 1. The van der Waals surface area contributed by atoms with Gasteiger partial charge in [-0.3, -0.25) is 9.89 Å². The first-order chi connectivity index (χ1) is 9.65. The molecule has 1 N–H and O–H groups in total. The van der Waals surface area contributed by atoms with Gasteiger partial charge in [0.25, 0.3) is 0 Å². The van der Waals surface area contributed by atoms with Crippen LogP contribution in [0.2, 0.25) is 0 Å². The maximum absolute atomic E-state index is 12.4. The number of carbonyl (C=O) groups is 1. The first-order valence-electron chi connectivity index (χ1n) is 6.84. The lowest BCUT2D eigenvalue weighted by Crippen LogP contribution is -2.30. The summed E-state index contributed by atoms with van der Waals surface area (Å²) >= 11 is 0. The maximum atomic E-state index is 12.4. The van der Waals surface area contributed by atoms with Crippen LogP contribution in [0.1, 0.15) is 35.1 Å². The molecule has 106 valence electrons. The molecule has 1 atom stereocenters. The molecule has 3 rings (SSSR count). The molecular formula is C14H18N4O2. The van der Waals surface area contributed by atoms with Gasteiger partial charge in [-0.05, 0) is 26.3 Å². The predicted molar refractivity (Wildman–Crippen MR) is 72.2 cm³/mol. The molecule has 6 heteroatoms. The second-order valence-electron chi connectivity index (χ2n) is 5.32. The van der Waals surface area contributed by atoms with Gasteiger partial charge in [-0.2, -0.15) is 5.10 Å². The lowest BCUT2D eigenvalue weighted by Gasteiger charge is -2.16. The van der Waals surface area contributed by atoms with Crippen molar-refractivity contribution in [3.05, 3.63) is 35.0 Å². The molecule has 2 aromatic rings. The molecule has 1 aliphatic heterocycles. The molecule has 0 unspecified atom stereocenters. The maximum Gasteiger partial charge on any atom is 0.227 e. The number of hydrogen-bond acceptors (Lipinski definition) is 4. The van der Waals surface area contributed by atoms with Crippen molar-refractivity contribution in [3.63, 3.8) is 0 Å². The Bertz CT molecular complexity index is 583. The molecule has 20 heavy (non-hydrogen) atoms. The Morgan fingerprint density at radius 3 is 3.05 bits per heavy atom. The zero-order valence-corrected chi connectivity index (χ0v) is 11.7. The number of aromatic nitrogens is 3. The van der Waals surface area contributed by atoms with E-state index in [1.807, 2.05) is 24.8 Å². The molecule has 6 nitrogen and oxygen atoms in total. The van der Waals surface area contributed by atoms with Crippen molar-refractivity contribution in [3.8, 4) is 0 Å². The molecule has 0 saturated carbocycles. The highest BCUT2D eigenvalue weighted by Crippen LogP contribution is 2.26. The Morgan fingerprint density at radius 1 is 1.55 bits per heavy atom. The minimum atomic E-state index is 0.140. The quantitative estimate of drug-likeness (QED) is 0.922. The van der Waals surface area contributed by atoms with E-state index in [1.165, 1.54) is 0 Å². The van der Waals surface area contributed by atoms with Crippen LogP contribution in [0.25, 0.3) is 0 Å². The van der Waals surface area contributed by atoms with E-state index in [1.54, 1.807) is 6.20 Å². The molecular weight excluding hydrogens is 256 g/mol. The first-order valence-corrected chi connectivity index (χ1v) is 6.84. The summed E-state index contributed by atoms with van der Waals surface area (Å²) in [4.78, 5) is 14.3. The van der Waals surface area contributed by atoms with Crippen molar-refractivity contribution in [1.82, 2.24) is 20.3 Å². The van der Waals surface area contributed by atoms with E-state index in [9.17, 15) is 4.79 Å². The first kappa shape index (κ1) is 12.9. The van der Waals surface area contributed by atoms with Gasteiger partial charge in [-0.15, -0.1) is 0 Å². The van der Waals surface area contributed by atoms with E-state index in [-0.39, 0.29) is 5.91 Å². The number of aromatic amines is 1. The fourth-order valence-corrected chi connectivity index (χ4v) is 2.75. The van der Waals surface area contributed by atoms with Crippen LogP contribution in [0.5, 0.6) is 0 Å². The van der Waals surface area contributed by atoms with Crippen molar-refractivity contribution < 1.29 is 9.32 Å². The Hall–Kier alpha value is -2.11. The third-order valence-electron chi connectivity index (χ3n) is 4.01. The summed E-state index contributed by atoms with van der Waals surface area (Å²) < 4.78 is 5.10. The van der Waals surface area contributed by atoms with Gasteiger partial charge in [0.05, 0.1) is 12.1 Å². The predicted octanol–water partition coefficient (Wildman–Crippen LogP) is 1.57. The normalized spacial score (nSPS) is 18.7. The van der Waals surface area contributed by atoms with Crippen LogP contribution in [0.4, 0.5) is 0 Å². The fraction of sp³-hybridized carbons (Fsp3) is 0.500. The second-order valence-corrected chi connectivity index (χ2v) is 5.32. The van der Waals surface area contributed by atoms with Crippen molar-refractivity contribution in [2.24, 2.45) is 0 Å². The summed E-state index contributed by atoms with van der Waals surface area (Å²) in [5, 5.41) is 10.9. The zero-order chi connectivity index (χ0) is 14.1. The summed E-state index contributed by atoms with van der Waals surface area (Å²) in [6.07, 6.45) is 3.11. The highest BCUT2D eigenvalue weighted by Gasteiger charge is 2.28. The Morgan fingerprint density at radius 2 is 2.40 bits per heavy atom. The molecule has 0 radical (unpaired) electrons. The molecule has 1 aliphatic rings. The average molecular weight is 274 g/mol. The van der Waals surface area contributed by atoms with Crippen LogP contribution in [0.15, 0.2) is 16.8 Å². The van der Waals surface area contributed by atoms with Crippen LogP contribution >= 0.6 is 0 Å². The molecule has 1 amide bonds. The minimum Gasteiger partial charge on any atom is -0.361 e. The number of rotatable bonds is 3. The summed E-state index contributed by atoms with van der Waals surface area (Å²) in [7, 11) is 0. The van der Waals surface area contributed by atoms with E-state index in [0.717, 1.165) is 42.2 Å². The smallest absolute Gasteiger partial charge is 0.227 e. The molecule has 1 fully saturated rings. The number of hydrogen-bond donors (Lipinski definition) is 1. The number of nitrogens with zero attached hydrogens (tertiary/aromatic N) is 3. The SMILES string of the molecule is Cc1noc(C)c1CC(=O)N1CC[C@@H](c2ccn[nH]2)C1. The number of carbonyl (C=O) groups excluding carboxylic acids is 1. The van der Waals surface area contributed by atoms with Crippen LogP contribution in [-0.2, 0) is 11.2 Å². The highest BCUT2D eigenvalue weighted by atomic mass is 16.5. The summed E-state index contributed by atoms with van der Waals surface area (Å²) in [6, 6.07) is 1.98. The van der Waals surface area contributed by atoms with E-state index >= 15 is 0 Å². The molecule has 2 aromatic heterocycles. The Balaban J connectivity index is 1.65. The minimum absolute atomic E-state index is 0.140. The second kappa shape index (κ2) is 5.11. The third kappa shape index (κ3) is 2.33. The largest absolute Gasteiger partial charge is 0.361 e.